The zero-order chi connectivity index (χ0) is 13.7. The molecule has 0 saturated heterocycles. The molecule has 0 atom stereocenters. The van der Waals surface area contributed by atoms with E-state index in [4.69, 9.17) is 0 Å². The molecule has 20 heavy (non-hydrogen) atoms. The van der Waals surface area contributed by atoms with E-state index in [9.17, 15) is 9.18 Å². The van der Waals surface area contributed by atoms with Crippen LogP contribution in [0.5, 0.6) is 0 Å². The van der Waals surface area contributed by atoms with Crippen molar-refractivity contribution in [3.63, 3.8) is 0 Å². The number of amides is 1. The fourth-order valence-electron chi connectivity index (χ4n) is 4.95. The Bertz CT molecular complexity index is 517. The fourth-order valence-corrected chi connectivity index (χ4v) is 4.95. The van der Waals surface area contributed by atoms with Crippen molar-refractivity contribution >= 4 is 5.91 Å². The second kappa shape index (κ2) is 4.54. The van der Waals surface area contributed by atoms with Crippen LogP contribution in [0.1, 0.15) is 42.5 Å². The van der Waals surface area contributed by atoms with Crippen molar-refractivity contribution in [1.82, 2.24) is 10.3 Å². The molecule has 1 aromatic heterocycles. The topological polar surface area (TPSA) is 42.0 Å². The van der Waals surface area contributed by atoms with Crippen LogP contribution in [0.25, 0.3) is 0 Å². The smallest absolute Gasteiger partial charge is 0.256 e. The van der Waals surface area contributed by atoms with Crippen LogP contribution >= 0.6 is 0 Å². The zero-order valence-electron chi connectivity index (χ0n) is 11.4. The predicted octanol–water partition coefficient (Wildman–Crippen LogP) is 2.78. The molecular weight excluding hydrogens is 255 g/mol. The van der Waals surface area contributed by atoms with Crippen LogP contribution in [0.15, 0.2) is 18.3 Å². The first-order chi connectivity index (χ1) is 9.70. The lowest BCUT2D eigenvalue weighted by atomic mass is 9.54. The highest BCUT2D eigenvalue weighted by molar-refractivity contribution is 5.94. The summed E-state index contributed by atoms with van der Waals surface area (Å²) < 4.78 is 13.6. The number of halogens is 1. The average Bonchev–Trinajstić information content (AvgIpc) is 2.42. The van der Waals surface area contributed by atoms with Crippen LogP contribution in [-0.4, -0.2) is 16.9 Å². The molecule has 3 nitrogen and oxygen atoms in total. The van der Waals surface area contributed by atoms with E-state index in [1.54, 1.807) is 6.07 Å². The van der Waals surface area contributed by atoms with Crippen LogP contribution in [0.3, 0.4) is 0 Å². The maximum absolute atomic E-state index is 13.6. The molecule has 4 heteroatoms. The van der Waals surface area contributed by atoms with Crippen LogP contribution in [-0.2, 0) is 0 Å². The summed E-state index contributed by atoms with van der Waals surface area (Å²) in [6.07, 6.45) is 7.74. The van der Waals surface area contributed by atoms with Crippen molar-refractivity contribution in [2.45, 2.75) is 38.1 Å². The molecule has 4 aliphatic carbocycles. The van der Waals surface area contributed by atoms with E-state index in [0.717, 1.165) is 11.8 Å². The van der Waals surface area contributed by atoms with E-state index in [-0.39, 0.29) is 17.5 Å². The van der Waals surface area contributed by atoms with Gasteiger partial charge in [0.2, 0.25) is 5.95 Å². The summed E-state index contributed by atoms with van der Waals surface area (Å²) in [5.74, 6) is 1.99. The highest BCUT2D eigenvalue weighted by Gasteiger charge is 2.48. The van der Waals surface area contributed by atoms with E-state index < -0.39 is 5.95 Å². The summed E-state index contributed by atoms with van der Waals surface area (Å²) in [6, 6.07) is 3.36. The number of carbonyl (C=O) groups excluding carboxylic acids is 1. The molecule has 0 radical (unpaired) electrons. The van der Waals surface area contributed by atoms with E-state index in [1.807, 2.05) is 0 Å². The summed E-state index contributed by atoms with van der Waals surface area (Å²) in [6.45, 7) is 0. The Morgan fingerprint density at radius 1 is 1.15 bits per heavy atom. The van der Waals surface area contributed by atoms with Crippen LogP contribution in [0, 0.1) is 29.6 Å². The van der Waals surface area contributed by atoms with Crippen molar-refractivity contribution in [3.8, 4) is 0 Å². The van der Waals surface area contributed by atoms with Gasteiger partial charge in [0, 0.05) is 12.2 Å². The van der Waals surface area contributed by atoms with Gasteiger partial charge in [-0.25, -0.2) is 4.98 Å². The lowest BCUT2D eigenvalue weighted by Gasteiger charge is -2.54. The average molecular weight is 274 g/mol. The van der Waals surface area contributed by atoms with Gasteiger partial charge in [0.15, 0.2) is 0 Å². The molecule has 0 aromatic carbocycles. The quantitative estimate of drug-likeness (QED) is 0.843. The van der Waals surface area contributed by atoms with E-state index >= 15 is 0 Å². The SMILES string of the molecule is O=C(NC1C2CC3CC(C2)CC1C3)c1cccnc1F. The number of aromatic nitrogens is 1. The minimum atomic E-state index is -0.672. The van der Waals surface area contributed by atoms with Gasteiger partial charge in [-0.05, 0) is 67.9 Å². The molecule has 4 aliphatic rings. The van der Waals surface area contributed by atoms with Gasteiger partial charge < -0.3 is 5.32 Å². The second-order valence-electron chi connectivity index (χ2n) is 6.77. The molecule has 4 saturated carbocycles. The van der Waals surface area contributed by atoms with Crippen molar-refractivity contribution in [1.29, 1.82) is 0 Å². The standard InChI is InChI=1S/C16H19FN2O/c17-15-13(2-1-3-18-15)16(20)19-14-11-5-9-4-10(7-11)8-12(14)6-9/h1-3,9-12,14H,4-8H2,(H,19,20). The van der Waals surface area contributed by atoms with Gasteiger partial charge in [-0.2, -0.15) is 4.39 Å². The molecule has 4 bridgehead atoms. The molecule has 106 valence electrons. The zero-order valence-corrected chi connectivity index (χ0v) is 11.4. The first-order valence-corrected chi connectivity index (χ1v) is 7.62. The maximum atomic E-state index is 13.6. The largest absolute Gasteiger partial charge is 0.349 e. The van der Waals surface area contributed by atoms with Gasteiger partial charge in [0.25, 0.3) is 5.91 Å². The van der Waals surface area contributed by atoms with Gasteiger partial charge in [0.1, 0.15) is 0 Å². The lowest BCUT2D eigenvalue weighted by Crippen LogP contribution is -2.55. The number of rotatable bonds is 2. The summed E-state index contributed by atoms with van der Waals surface area (Å²) in [5, 5.41) is 3.10. The third kappa shape index (κ3) is 1.93. The summed E-state index contributed by atoms with van der Waals surface area (Å²) in [4.78, 5) is 15.8. The van der Waals surface area contributed by atoms with Crippen LogP contribution < -0.4 is 5.32 Å². The third-order valence-corrected chi connectivity index (χ3v) is 5.53. The molecule has 1 heterocycles. The Hall–Kier alpha value is -1.45. The van der Waals surface area contributed by atoms with E-state index in [2.05, 4.69) is 10.3 Å². The Morgan fingerprint density at radius 2 is 1.80 bits per heavy atom. The van der Waals surface area contributed by atoms with Gasteiger partial charge in [-0.15, -0.1) is 0 Å². The van der Waals surface area contributed by atoms with Crippen molar-refractivity contribution in [2.24, 2.45) is 23.7 Å². The Balaban J connectivity index is 1.52. The van der Waals surface area contributed by atoms with Crippen molar-refractivity contribution in [3.05, 3.63) is 29.8 Å². The normalized spacial score (nSPS) is 38.0. The minimum Gasteiger partial charge on any atom is -0.349 e. The fraction of sp³-hybridized carbons (Fsp3) is 0.625. The highest BCUT2D eigenvalue weighted by Crippen LogP contribution is 2.53. The van der Waals surface area contributed by atoms with Gasteiger partial charge in [-0.3, -0.25) is 4.79 Å². The van der Waals surface area contributed by atoms with E-state index in [0.29, 0.717) is 11.8 Å². The van der Waals surface area contributed by atoms with E-state index in [1.165, 1.54) is 44.4 Å². The monoisotopic (exact) mass is 274 g/mol. The minimum absolute atomic E-state index is 0.0707. The predicted molar refractivity (Wildman–Crippen MR) is 72.5 cm³/mol. The van der Waals surface area contributed by atoms with Gasteiger partial charge in [0.05, 0.1) is 5.56 Å². The van der Waals surface area contributed by atoms with Gasteiger partial charge in [-0.1, -0.05) is 0 Å². The van der Waals surface area contributed by atoms with Crippen molar-refractivity contribution < 1.29 is 9.18 Å². The number of carbonyl (C=O) groups is 1. The lowest BCUT2D eigenvalue weighted by molar-refractivity contribution is -0.0120. The van der Waals surface area contributed by atoms with Crippen molar-refractivity contribution in [2.75, 3.05) is 0 Å². The number of hydrogen-bond acceptors (Lipinski definition) is 2. The van der Waals surface area contributed by atoms with Crippen LogP contribution in [0.2, 0.25) is 0 Å². The number of nitrogens with one attached hydrogen (secondary N) is 1. The van der Waals surface area contributed by atoms with Gasteiger partial charge >= 0.3 is 0 Å². The maximum Gasteiger partial charge on any atom is 0.256 e. The Kier molecular flexibility index (Phi) is 2.79. The highest BCUT2D eigenvalue weighted by atomic mass is 19.1. The molecule has 0 aliphatic heterocycles. The number of pyridine rings is 1. The summed E-state index contributed by atoms with van der Waals surface area (Å²) in [5.41, 5.74) is 0.0707. The van der Waals surface area contributed by atoms with Crippen LogP contribution in [0.4, 0.5) is 4.39 Å². The number of nitrogens with zero attached hydrogens (tertiary/aromatic N) is 1. The molecule has 0 unspecified atom stereocenters. The molecular formula is C16H19FN2O. The summed E-state index contributed by atoms with van der Waals surface area (Å²) >= 11 is 0. The Morgan fingerprint density at radius 3 is 2.40 bits per heavy atom. The molecule has 5 rings (SSSR count). The number of hydrogen-bond donors (Lipinski definition) is 1. The molecule has 1 amide bonds. The third-order valence-electron chi connectivity index (χ3n) is 5.53. The molecule has 1 aromatic rings. The molecule has 0 spiro atoms. The first-order valence-electron chi connectivity index (χ1n) is 7.62. The second-order valence-corrected chi connectivity index (χ2v) is 6.77. The summed E-state index contributed by atoms with van der Waals surface area (Å²) in [7, 11) is 0. The molecule has 4 fully saturated rings. The molecule has 1 N–H and O–H groups in total. The Labute approximate surface area is 118 Å². The first kappa shape index (κ1) is 12.3.